The number of nitrogens with zero attached hydrogens (tertiary/aromatic N) is 2. The number of carboxylic acids is 1. The first-order chi connectivity index (χ1) is 16.5. The van der Waals surface area contributed by atoms with Gasteiger partial charge in [0.25, 0.3) is 0 Å². The predicted octanol–water partition coefficient (Wildman–Crippen LogP) is 5.73. The number of fused-ring (bicyclic) bond motifs is 2. The Hall–Kier alpha value is -3.15. The van der Waals surface area contributed by atoms with Crippen LogP contribution in [0.2, 0.25) is 0 Å². The van der Waals surface area contributed by atoms with Gasteiger partial charge in [-0.15, -0.1) is 0 Å². The lowest BCUT2D eigenvalue weighted by Gasteiger charge is -2.47. The van der Waals surface area contributed by atoms with Crippen LogP contribution in [-0.4, -0.2) is 23.2 Å². The molecule has 0 radical (unpaired) electrons. The lowest BCUT2D eigenvalue weighted by atomic mass is 9.79. The molecule has 35 heavy (non-hydrogen) atoms. The minimum atomic E-state index is -0.781. The van der Waals surface area contributed by atoms with Gasteiger partial charge in [0.15, 0.2) is 11.4 Å². The Morgan fingerprint density at radius 3 is 2.49 bits per heavy atom. The first kappa shape index (κ1) is 25.0. The Labute approximate surface area is 207 Å². The fourth-order valence-electron chi connectivity index (χ4n) is 5.77. The van der Waals surface area contributed by atoms with E-state index in [1.165, 1.54) is 5.56 Å². The lowest BCUT2D eigenvalue weighted by Crippen LogP contribution is -2.48. The van der Waals surface area contributed by atoms with Gasteiger partial charge in [-0.3, -0.25) is 4.79 Å². The van der Waals surface area contributed by atoms with E-state index >= 15 is 0 Å². The molecule has 1 aliphatic rings. The number of aliphatic carboxylic acids is 1. The third-order valence-corrected chi connectivity index (χ3v) is 7.35. The maximum Gasteiger partial charge on any atom is 0.344 e. The molecule has 0 saturated heterocycles. The van der Waals surface area contributed by atoms with Gasteiger partial charge >= 0.3 is 11.6 Å². The normalized spacial score (nSPS) is 17.0. The van der Waals surface area contributed by atoms with Crippen LogP contribution in [0.15, 0.2) is 39.5 Å². The molecule has 1 aromatic carbocycles. The monoisotopic (exact) mass is 477 g/mol. The molecule has 1 aliphatic heterocycles. The summed E-state index contributed by atoms with van der Waals surface area (Å²) in [5.74, 6) is -0.443. The summed E-state index contributed by atoms with van der Waals surface area (Å²) in [6, 6.07) is 10.2. The van der Waals surface area contributed by atoms with E-state index in [0.717, 1.165) is 47.4 Å². The highest BCUT2D eigenvalue weighted by atomic mass is 16.4. The minimum absolute atomic E-state index is 0.119. The maximum atomic E-state index is 13.1. The number of carbonyl (C=O) groups is 1. The van der Waals surface area contributed by atoms with Gasteiger partial charge in [0.2, 0.25) is 0 Å². The van der Waals surface area contributed by atoms with Crippen molar-refractivity contribution in [1.82, 2.24) is 0 Å². The van der Waals surface area contributed by atoms with Gasteiger partial charge in [0, 0.05) is 73.6 Å². The van der Waals surface area contributed by atoms with Crippen molar-refractivity contribution in [2.75, 3.05) is 11.4 Å². The second-order valence-corrected chi connectivity index (χ2v) is 10.6. The van der Waals surface area contributed by atoms with Crippen molar-refractivity contribution in [2.45, 2.75) is 85.2 Å². The number of rotatable bonds is 7. The number of hydrogen-bond acceptors (Lipinski definition) is 4. The summed E-state index contributed by atoms with van der Waals surface area (Å²) in [7, 11) is 0. The van der Waals surface area contributed by atoms with Crippen LogP contribution in [0.5, 0.6) is 0 Å². The van der Waals surface area contributed by atoms with Crippen molar-refractivity contribution >= 4 is 22.6 Å². The fourth-order valence-corrected chi connectivity index (χ4v) is 5.77. The number of aromatic nitrogens is 1. The van der Waals surface area contributed by atoms with Crippen LogP contribution in [0.3, 0.4) is 0 Å². The van der Waals surface area contributed by atoms with Crippen LogP contribution >= 0.6 is 0 Å². The standard InChI is InChI=1S/C29H36N2O4/c1-7-10-30-19(3)12-21(13-20(30)4)24-15-22-14-23-18(2)17-29(5,6)31(11-8-9-27(32)33)25(23)16-26(22)35-28(24)34/h12-16,18H,7-11,17H2,1-6H3/p+1. The van der Waals surface area contributed by atoms with Crippen molar-refractivity contribution < 1.29 is 18.9 Å². The summed E-state index contributed by atoms with van der Waals surface area (Å²) < 4.78 is 8.15. The van der Waals surface area contributed by atoms with Crippen molar-refractivity contribution in [3.8, 4) is 11.1 Å². The maximum absolute atomic E-state index is 13.1. The van der Waals surface area contributed by atoms with Gasteiger partial charge in [-0.25, -0.2) is 9.36 Å². The zero-order chi connectivity index (χ0) is 25.5. The van der Waals surface area contributed by atoms with Gasteiger partial charge < -0.3 is 14.4 Å². The highest BCUT2D eigenvalue weighted by Crippen LogP contribution is 2.45. The second kappa shape index (κ2) is 9.48. The van der Waals surface area contributed by atoms with Crippen LogP contribution < -0.4 is 15.1 Å². The number of anilines is 1. The molecule has 3 heterocycles. The van der Waals surface area contributed by atoms with E-state index in [1.54, 1.807) is 0 Å². The average Bonchev–Trinajstić information content (AvgIpc) is 2.76. The number of hydrogen-bond donors (Lipinski definition) is 1. The van der Waals surface area contributed by atoms with Crippen molar-refractivity contribution in [3.05, 3.63) is 57.7 Å². The van der Waals surface area contributed by atoms with E-state index < -0.39 is 5.97 Å². The van der Waals surface area contributed by atoms with Crippen LogP contribution in [0.1, 0.15) is 76.2 Å². The SMILES string of the molecule is CCC[n+]1c(C)cc(-c2cc3cc4c(cc3oc2=O)N(CCCC(=O)O)C(C)(C)CC4C)cc1C. The molecule has 4 rings (SSSR count). The highest BCUT2D eigenvalue weighted by molar-refractivity contribution is 5.87. The average molecular weight is 478 g/mol. The second-order valence-electron chi connectivity index (χ2n) is 10.6. The summed E-state index contributed by atoms with van der Waals surface area (Å²) in [5.41, 5.74) is 6.06. The topological polar surface area (TPSA) is 74.6 Å². The predicted molar refractivity (Wildman–Crippen MR) is 139 cm³/mol. The molecule has 186 valence electrons. The van der Waals surface area contributed by atoms with Crippen LogP contribution in [-0.2, 0) is 11.3 Å². The van der Waals surface area contributed by atoms with E-state index in [-0.39, 0.29) is 17.6 Å². The molecule has 0 amide bonds. The molecular formula is C29H37N2O4+. The molecule has 0 aliphatic carbocycles. The molecule has 6 nitrogen and oxygen atoms in total. The largest absolute Gasteiger partial charge is 0.481 e. The molecule has 1 unspecified atom stereocenters. The van der Waals surface area contributed by atoms with Gasteiger partial charge in [-0.05, 0) is 50.3 Å². The highest BCUT2D eigenvalue weighted by Gasteiger charge is 2.36. The Morgan fingerprint density at radius 1 is 1.17 bits per heavy atom. The summed E-state index contributed by atoms with van der Waals surface area (Å²) in [5, 5.41) is 10.0. The van der Waals surface area contributed by atoms with E-state index in [0.29, 0.717) is 30.0 Å². The molecule has 0 spiro atoms. The molecule has 1 N–H and O–H groups in total. The van der Waals surface area contributed by atoms with Crippen molar-refractivity contribution in [1.29, 1.82) is 0 Å². The van der Waals surface area contributed by atoms with Gasteiger partial charge in [0.05, 0.1) is 5.56 Å². The molecule has 6 heteroatoms. The van der Waals surface area contributed by atoms with Gasteiger partial charge in [-0.2, -0.15) is 0 Å². The van der Waals surface area contributed by atoms with Crippen molar-refractivity contribution in [2.24, 2.45) is 0 Å². The molecule has 0 bridgehead atoms. The zero-order valence-electron chi connectivity index (χ0n) is 21.8. The van der Waals surface area contributed by atoms with Crippen molar-refractivity contribution in [3.63, 3.8) is 0 Å². The molecule has 0 fully saturated rings. The van der Waals surface area contributed by atoms with Gasteiger partial charge in [0.1, 0.15) is 12.1 Å². The van der Waals surface area contributed by atoms with E-state index in [2.05, 4.69) is 69.2 Å². The first-order valence-electron chi connectivity index (χ1n) is 12.6. The first-order valence-corrected chi connectivity index (χ1v) is 12.6. The zero-order valence-corrected chi connectivity index (χ0v) is 21.8. The summed E-state index contributed by atoms with van der Waals surface area (Å²) in [6.07, 6.45) is 2.73. The van der Waals surface area contributed by atoms with E-state index in [4.69, 9.17) is 9.52 Å². The Kier molecular flexibility index (Phi) is 6.76. The van der Waals surface area contributed by atoms with Gasteiger partial charge in [-0.1, -0.05) is 13.8 Å². The third-order valence-electron chi connectivity index (χ3n) is 7.35. The molecule has 3 aromatic rings. The quantitative estimate of drug-likeness (QED) is 0.347. The molecule has 1 atom stereocenters. The third kappa shape index (κ3) is 4.84. The summed E-state index contributed by atoms with van der Waals surface area (Å²) >= 11 is 0. The van der Waals surface area contributed by atoms with Crippen LogP contribution in [0.25, 0.3) is 22.1 Å². The Bertz CT molecular complexity index is 1320. The molecule has 0 saturated carbocycles. The number of benzene rings is 1. The Balaban J connectivity index is 1.81. The smallest absolute Gasteiger partial charge is 0.344 e. The van der Waals surface area contributed by atoms with E-state index in [9.17, 15) is 9.59 Å². The molecular weight excluding hydrogens is 440 g/mol. The number of aryl methyl sites for hydroxylation is 2. The van der Waals surface area contributed by atoms with Crippen LogP contribution in [0, 0.1) is 13.8 Å². The van der Waals surface area contributed by atoms with E-state index in [1.807, 2.05) is 12.1 Å². The summed E-state index contributed by atoms with van der Waals surface area (Å²) in [6.45, 7) is 14.5. The van der Waals surface area contributed by atoms with Crippen LogP contribution in [0.4, 0.5) is 5.69 Å². The number of pyridine rings is 1. The molecule has 2 aromatic heterocycles. The number of carboxylic acid groups (broad SMARTS) is 1. The Morgan fingerprint density at radius 2 is 1.86 bits per heavy atom. The minimum Gasteiger partial charge on any atom is -0.481 e. The summed E-state index contributed by atoms with van der Waals surface area (Å²) in [4.78, 5) is 26.5. The lowest BCUT2D eigenvalue weighted by molar-refractivity contribution is -0.708. The fraction of sp³-hybridized carbons (Fsp3) is 0.483.